The zero-order valence-electron chi connectivity index (χ0n) is 11.8. The third-order valence-electron chi connectivity index (χ3n) is 2.91. The first-order chi connectivity index (χ1) is 9.11. The lowest BCUT2D eigenvalue weighted by Gasteiger charge is -2.03. The summed E-state index contributed by atoms with van der Waals surface area (Å²) in [6, 6.07) is 9.93. The Labute approximate surface area is 124 Å². The summed E-state index contributed by atoms with van der Waals surface area (Å²) in [6.07, 6.45) is 0. The molecule has 0 fully saturated rings. The van der Waals surface area contributed by atoms with E-state index in [4.69, 9.17) is 0 Å². The molecule has 0 spiro atoms. The Balaban J connectivity index is 0.00000200. The van der Waals surface area contributed by atoms with Gasteiger partial charge in [-0.3, -0.25) is 9.48 Å². The predicted octanol–water partition coefficient (Wildman–Crippen LogP) is 1.98. The van der Waals surface area contributed by atoms with Crippen LogP contribution in [0.3, 0.4) is 0 Å². The van der Waals surface area contributed by atoms with E-state index in [-0.39, 0.29) is 24.9 Å². The number of anilines is 1. The number of likely N-dealkylation sites (N-methyl/N-ethyl adjacent to an activating group) is 1. The van der Waals surface area contributed by atoms with Gasteiger partial charge in [0.1, 0.15) is 5.82 Å². The van der Waals surface area contributed by atoms with E-state index in [0.29, 0.717) is 5.82 Å². The first kappa shape index (κ1) is 16.2. The molecule has 20 heavy (non-hydrogen) atoms. The summed E-state index contributed by atoms with van der Waals surface area (Å²) in [5.41, 5.74) is 3.10. The Morgan fingerprint density at radius 2 is 2.05 bits per heavy atom. The van der Waals surface area contributed by atoms with Crippen molar-refractivity contribution in [2.24, 2.45) is 7.05 Å². The van der Waals surface area contributed by atoms with E-state index in [9.17, 15) is 4.79 Å². The molecule has 0 saturated carbocycles. The van der Waals surface area contributed by atoms with Crippen molar-refractivity contribution in [2.45, 2.75) is 6.92 Å². The van der Waals surface area contributed by atoms with Crippen molar-refractivity contribution in [3.63, 3.8) is 0 Å². The molecular weight excluding hydrogens is 276 g/mol. The highest BCUT2D eigenvalue weighted by atomic mass is 35.5. The van der Waals surface area contributed by atoms with Crippen LogP contribution in [0, 0.1) is 6.92 Å². The number of rotatable bonds is 4. The summed E-state index contributed by atoms with van der Waals surface area (Å²) in [7, 11) is 3.55. The Bertz CT molecular complexity index is 595. The van der Waals surface area contributed by atoms with Gasteiger partial charge in [0.05, 0.1) is 12.2 Å². The van der Waals surface area contributed by atoms with Gasteiger partial charge in [0.2, 0.25) is 5.91 Å². The molecule has 2 aromatic rings. The fraction of sp³-hybridized carbons (Fsp3) is 0.286. The van der Waals surface area contributed by atoms with E-state index in [1.807, 2.05) is 44.3 Å². The third-order valence-corrected chi connectivity index (χ3v) is 2.91. The summed E-state index contributed by atoms with van der Waals surface area (Å²) < 4.78 is 1.68. The number of amides is 1. The average Bonchev–Trinajstić information content (AvgIpc) is 2.71. The standard InChI is InChI=1S/C14H18N4O.ClH/c1-10-6-4-5-7-11(10)12-8-13(18(3)17-12)16-14(19)9-15-2;/h4-8,15H,9H2,1-3H3,(H,16,19);1H. The fourth-order valence-corrected chi connectivity index (χ4v) is 1.92. The van der Waals surface area contributed by atoms with Crippen LogP contribution in [-0.2, 0) is 11.8 Å². The Morgan fingerprint density at radius 3 is 2.70 bits per heavy atom. The van der Waals surface area contributed by atoms with Crippen molar-refractivity contribution in [3.05, 3.63) is 35.9 Å². The highest BCUT2D eigenvalue weighted by Crippen LogP contribution is 2.24. The minimum absolute atomic E-state index is 0. The normalized spacial score (nSPS) is 9.95. The molecule has 0 bridgehead atoms. The number of aromatic nitrogens is 2. The molecule has 0 unspecified atom stereocenters. The maximum Gasteiger partial charge on any atom is 0.239 e. The lowest BCUT2D eigenvalue weighted by molar-refractivity contribution is -0.115. The Kier molecular flexibility index (Phi) is 5.73. The summed E-state index contributed by atoms with van der Waals surface area (Å²) >= 11 is 0. The third kappa shape index (κ3) is 3.59. The molecule has 108 valence electrons. The molecule has 0 aliphatic carbocycles. The summed E-state index contributed by atoms with van der Waals surface area (Å²) in [5, 5.41) is 10.1. The molecule has 6 heteroatoms. The van der Waals surface area contributed by atoms with Crippen molar-refractivity contribution < 1.29 is 4.79 Å². The lowest BCUT2D eigenvalue weighted by atomic mass is 10.1. The van der Waals surface area contributed by atoms with Gasteiger partial charge in [-0.05, 0) is 19.5 Å². The monoisotopic (exact) mass is 294 g/mol. The predicted molar refractivity (Wildman–Crippen MR) is 83.2 cm³/mol. The smallest absolute Gasteiger partial charge is 0.239 e. The lowest BCUT2D eigenvalue weighted by Crippen LogP contribution is -2.25. The number of carbonyl (C=O) groups excluding carboxylic acids is 1. The van der Waals surface area contributed by atoms with E-state index in [0.717, 1.165) is 16.8 Å². The molecule has 0 aliphatic rings. The zero-order chi connectivity index (χ0) is 13.8. The van der Waals surface area contributed by atoms with E-state index < -0.39 is 0 Å². The molecule has 1 aromatic carbocycles. The van der Waals surface area contributed by atoms with Crippen LogP contribution in [0.2, 0.25) is 0 Å². The van der Waals surface area contributed by atoms with Crippen LogP contribution < -0.4 is 10.6 Å². The number of aryl methyl sites for hydroxylation is 2. The molecule has 1 heterocycles. The quantitative estimate of drug-likeness (QED) is 0.906. The number of carbonyl (C=O) groups is 1. The number of halogens is 1. The molecule has 0 aliphatic heterocycles. The van der Waals surface area contributed by atoms with Gasteiger partial charge < -0.3 is 10.6 Å². The molecule has 2 rings (SSSR count). The fourth-order valence-electron chi connectivity index (χ4n) is 1.92. The highest BCUT2D eigenvalue weighted by molar-refractivity contribution is 5.92. The summed E-state index contributed by atoms with van der Waals surface area (Å²) in [5.74, 6) is 0.611. The van der Waals surface area contributed by atoms with Crippen LogP contribution in [0.25, 0.3) is 11.3 Å². The summed E-state index contributed by atoms with van der Waals surface area (Å²) in [4.78, 5) is 11.6. The maximum absolute atomic E-state index is 11.6. The second-order valence-electron chi connectivity index (χ2n) is 4.43. The van der Waals surface area contributed by atoms with E-state index in [1.54, 1.807) is 11.7 Å². The minimum Gasteiger partial charge on any atom is -0.311 e. The minimum atomic E-state index is -0.0816. The molecule has 2 N–H and O–H groups in total. The van der Waals surface area contributed by atoms with Gasteiger partial charge in [0.25, 0.3) is 0 Å². The van der Waals surface area contributed by atoms with Gasteiger partial charge in [0, 0.05) is 18.7 Å². The van der Waals surface area contributed by atoms with Crippen molar-refractivity contribution in [2.75, 3.05) is 18.9 Å². The highest BCUT2D eigenvalue weighted by Gasteiger charge is 2.10. The van der Waals surface area contributed by atoms with Crippen LogP contribution in [0.15, 0.2) is 30.3 Å². The molecule has 5 nitrogen and oxygen atoms in total. The average molecular weight is 295 g/mol. The molecule has 0 atom stereocenters. The molecule has 1 amide bonds. The van der Waals surface area contributed by atoms with Crippen molar-refractivity contribution in [1.82, 2.24) is 15.1 Å². The molecule has 0 saturated heterocycles. The van der Waals surface area contributed by atoms with Crippen LogP contribution in [0.5, 0.6) is 0 Å². The first-order valence-electron chi connectivity index (χ1n) is 6.16. The van der Waals surface area contributed by atoms with Crippen LogP contribution in [0.1, 0.15) is 5.56 Å². The Morgan fingerprint density at radius 1 is 1.35 bits per heavy atom. The number of nitrogens with zero attached hydrogens (tertiary/aromatic N) is 2. The second kappa shape index (κ2) is 7.07. The van der Waals surface area contributed by atoms with Gasteiger partial charge in [-0.25, -0.2) is 0 Å². The van der Waals surface area contributed by atoms with Gasteiger partial charge in [-0.2, -0.15) is 5.10 Å². The molecule has 1 aromatic heterocycles. The number of hydrogen-bond acceptors (Lipinski definition) is 3. The maximum atomic E-state index is 11.6. The second-order valence-corrected chi connectivity index (χ2v) is 4.43. The Hall–Kier alpha value is -1.85. The van der Waals surface area contributed by atoms with Gasteiger partial charge in [-0.15, -0.1) is 12.4 Å². The first-order valence-corrected chi connectivity index (χ1v) is 6.16. The van der Waals surface area contributed by atoms with E-state index >= 15 is 0 Å². The zero-order valence-corrected chi connectivity index (χ0v) is 12.6. The van der Waals surface area contributed by atoms with Gasteiger partial charge in [-0.1, -0.05) is 24.3 Å². The number of nitrogens with one attached hydrogen (secondary N) is 2. The molecular formula is C14H19ClN4O. The van der Waals surface area contributed by atoms with Crippen LogP contribution in [0.4, 0.5) is 5.82 Å². The van der Waals surface area contributed by atoms with E-state index in [1.165, 1.54) is 0 Å². The number of benzene rings is 1. The number of hydrogen-bond donors (Lipinski definition) is 2. The largest absolute Gasteiger partial charge is 0.311 e. The van der Waals surface area contributed by atoms with Crippen LogP contribution in [-0.4, -0.2) is 29.3 Å². The SMILES string of the molecule is CNCC(=O)Nc1cc(-c2ccccc2C)nn1C.Cl. The van der Waals surface area contributed by atoms with Crippen molar-refractivity contribution in [1.29, 1.82) is 0 Å². The van der Waals surface area contributed by atoms with Crippen molar-refractivity contribution >= 4 is 24.1 Å². The summed E-state index contributed by atoms with van der Waals surface area (Å²) in [6.45, 7) is 2.33. The van der Waals surface area contributed by atoms with Gasteiger partial charge >= 0.3 is 0 Å². The topological polar surface area (TPSA) is 59.0 Å². The van der Waals surface area contributed by atoms with Gasteiger partial charge in [0.15, 0.2) is 0 Å². The molecule has 0 radical (unpaired) electrons. The van der Waals surface area contributed by atoms with Crippen LogP contribution >= 0.6 is 12.4 Å². The van der Waals surface area contributed by atoms with E-state index in [2.05, 4.69) is 15.7 Å². The van der Waals surface area contributed by atoms with Crippen molar-refractivity contribution in [3.8, 4) is 11.3 Å².